The second-order valence-electron chi connectivity index (χ2n) is 13.9. The van der Waals surface area contributed by atoms with Crippen LogP contribution in [-0.2, 0) is 0 Å². The van der Waals surface area contributed by atoms with E-state index in [2.05, 4.69) is 13.8 Å². The van der Waals surface area contributed by atoms with Crippen LogP contribution in [0.5, 0.6) is 0 Å². The third-order valence-corrected chi connectivity index (χ3v) is 12.1. The van der Waals surface area contributed by atoms with Crippen LogP contribution in [0.2, 0.25) is 0 Å². The standard InChI is InChI=1S/C30H50/c1-19-5-3-7-21(13-19)27-15-23-9-11-25-17-28(22-8-4-6-20(2)14-22)18-26-12-10-24(16-27)29(23)30(25)26/h19-30H,3-18H2,1-2H3. The van der Waals surface area contributed by atoms with Gasteiger partial charge in [-0.3, -0.25) is 0 Å². The minimum absolute atomic E-state index is 1.02. The maximum absolute atomic E-state index is 2.54. The van der Waals surface area contributed by atoms with Crippen molar-refractivity contribution in [1.29, 1.82) is 0 Å². The highest BCUT2D eigenvalue weighted by atomic mass is 14.6. The van der Waals surface area contributed by atoms with Gasteiger partial charge in [0.25, 0.3) is 0 Å². The second-order valence-corrected chi connectivity index (χ2v) is 13.9. The van der Waals surface area contributed by atoms with Crippen molar-refractivity contribution in [3.63, 3.8) is 0 Å². The predicted molar refractivity (Wildman–Crippen MR) is 127 cm³/mol. The Hall–Kier alpha value is 0. The fourth-order valence-corrected chi connectivity index (χ4v) is 11.1. The molecule has 170 valence electrons. The summed E-state index contributed by atoms with van der Waals surface area (Å²) in [7, 11) is 0. The minimum atomic E-state index is 1.02. The van der Waals surface area contributed by atoms with Gasteiger partial charge < -0.3 is 0 Å². The van der Waals surface area contributed by atoms with E-state index in [-0.39, 0.29) is 0 Å². The first-order chi connectivity index (χ1) is 14.7. The van der Waals surface area contributed by atoms with Crippen LogP contribution >= 0.6 is 0 Å². The fourth-order valence-electron chi connectivity index (χ4n) is 11.1. The Kier molecular flexibility index (Phi) is 5.77. The van der Waals surface area contributed by atoms with Gasteiger partial charge in [-0.2, -0.15) is 0 Å². The van der Waals surface area contributed by atoms with E-state index in [1.165, 1.54) is 37.5 Å². The molecule has 8 atom stereocenters. The Balaban J connectivity index is 1.15. The zero-order chi connectivity index (χ0) is 20.2. The molecule has 6 aliphatic carbocycles. The number of hydrogen-bond donors (Lipinski definition) is 0. The summed E-state index contributed by atoms with van der Waals surface area (Å²) in [5.41, 5.74) is 0. The quantitative estimate of drug-likeness (QED) is 0.427. The Labute approximate surface area is 187 Å². The van der Waals surface area contributed by atoms with Gasteiger partial charge in [0, 0.05) is 0 Å². The van der Waals surface area contributed by atoms with E-state index in [4.69, 9.17) is 0 Å². The maximum Gasteiger partial charge on any atom is -0.0323 e. The lowest BCUT2D eigenvalue weighted by atomic mass is 9.44. The van der Waals surface area contributed by atoms with Crippen molar-refractivity contribution < 1.29 is 0 Å². The summed E-state index contributed by atoms with van der Waals surface area (Å²) in [6, 6.07) is 0. The van der Waals surface area contributed by atoms with Crippen molar-refractivity contribution >= 4 is 0 Å². The van der Waals surface area contributed by atoms with E-state index in [9.17, 15) is 0 Å². The molecule has 0 amide bonds. The molecule has 6 rings (SSSR count). The lowest BCUT2D eigenvalue weighted by molar-refractivity contribution is -0.114. The van der Waals surface area contributed by atoms with Gasteiger partial charge in [-0.15, -0.1) is 0 Å². The first-order valence-corrected chi connectivity index (χ1v) is 14.7. The molecule has 0 saturated heterocycles. The Morgan fingerprint density at radius 3 is 1.03 bits per heavy atom. The van der Waals surface area contributed by atoms with Crippen molar-refractivity contribution in [3.05, 3.63) is 0 Å². The summed E-state index contributed by atoms with van der Waals surface area (Å²) in [5.74, 6) is 13.4. The van der Waals surface area contributed by atoms with Crippen molar-refractivity contribution in [3.8, 4) is 0 Å². The first-order valence-electron chi connectivity index (χ1n) is 14.7. The number of hydrogen-bond acceptors (Lipinski definition) is 0. The molecule has 30 heavy (non-hydrogen) atoms. The highest BCUT2D eigenvalue weighted by Crippen LogP contribution is 2.63. The molecular formula is C30H50. The minimum Gasteiger partial charge on any atom is -0.0625 e. The average Bonchev–Trinajstić information content (AvgIpc) is 2.77. The second kappa shape index (κ2) is 8.41. The molecule has 0 heteroatoms. The summed E-state index contributed by atoms with van der Waals surface area (Å²) in [6.07, 6.45) is 25.5. The van der Waals surface area contributed by atoms with Crippen molar-refractivity contribution in [2.24, 2.45) is 71.0 Å². The zero-order valence-electron chi connectivity index (χ0n) is 20.2. The van der Waals surface area contributed by atoms with Crippen molar-refractivity contribution in [1.82, 2.24) is 0 Å². The molecule has 0 spiro atoms. The summed E-state index contributed by atoms with van der Waals surface area (Å²) in [4.78, 5) is 0. The normalized spacial score (nSPS) is 56.2. The number of rotatable bonds is 2. The molecule has 6 aliphatic rings. The van der Waals surface area contributed by atoms with Gasteiger partial charge >= 0.3 is 0 Å². The first kappa shape index (κ1) is 20.6. The molecule has 6 saturated carbocycles. The molecule has 0 bridgehead atoms. The molecule has 0 N–H and O–H groups in total. The smallest absolute Gasteiger partial charge is 0.0323 e. The van der Waals surface area contributed by atoms with E-state index < -0.39 is 0 Å². The predicted octanol–water partition coefficient (Wildman–Crippen LogP) is 8.74. The molecule has 0 nitrogen and oxygen atoms in total. The fraction of sp³-hybridized carbons (Fsp3) is 1.00. The van der Waals surface area contributed by atoms with E-state index >= 15 is 0 Å². The van der Waals surface area contributed by atoms with E-state index in [0.29, 0.717) is 0 Å². The molecular weight excluding hydrogens is 360 g/mol. The van der Waals surface area contributed by atoms with Crippen LogP contribution < -0.4 is 0 Å². The molecule has 6 fully saturated rings. The highest BCUT2D eigenvalue weighted by molar-refractivity contribution is 5.04. The van der Waals surface area contributed by atoms with Crippen LogP contribution in [-0.4, -0.2) is 0 Å². The van der Waals surface area contributed by atoms with Gasteiger partial charge in [0.05, 0.1) is 0 Å². The van der Waals surface area contributed by atoms with Gasteiger partial charge in [-0.25, -0.2) is 0 Å². The molecule has 0 aromatic carbocycles. The lowest BCUT2D eigenvalue weighted by Crippen LogP contribution is -2.53. The average molecular weight is 411 g/mol. The van der Waals surface area contributed by atoms with Crippen molar-refractivity contribution in [2.45, 2.75) is 117 Å². The third-order valence-electron chi connectivity index (χ3n) is 12.1. The summed E-state index contributed by atoms with van der Waals surface area (Å²) in [5, 5.41) is 0. The van der Waals surface area contributed by atoms with E-state index in [1.807, 2.05) is 0 Å². The van der Waals surface area contributed by atoms with Gasteiger partial charge in [0.2, 0.25) is 0 Å². The van der Waals surface area contributed by atoms with Gasteiger partial charge in [0.1, 0.15) is 0 Å². The zero-order valence-corrected chi connectivity index (χ0v) is 20.2. The molecule has 0 heterocycles. The Morgan fingerprint density at radius 1 is 0.333 bits per heavy atom. The van der Waals surface area contributed by atoms with Gasteiger partial charge in [-0.1, -0.05) is 52.4 Å². The third kappa shape index (κ3) is 3.73. The summed E-state index contributed by atoms with van der Waals surface area (Å²) >= 11 is 0. The molecule has 8 unspecified atom stereocenters. The summed E-state index contributed by atoms with van der Waals surface area (Å²) < 4.78 is 0. The molecule has 0 aromatic heterocycles. The van der Waals surface area contributed by atoms with Crippen LogP contribution in [0.1, 0.15) is 117 Å². The topological polar surface area (TPSA) is 0 Å². The largest absolute Gasteiger partial charge is 0.0625 e. The summed E-state index contributed by atoms with van der Waals surface area (Å²) in [6.45, 7) is 5.08. The monoisotopic (exact) mass is 410 g/mol. The maximum atomic E-state index is 2.54. The molecule has 0 aliphatic heterocycles. The van der Waals surface area contributed by atoms with Crippen molar-refractivity contribution in [2.75, 3.05) is 0 Å². The Morgan fingerprint density at radius 2 is 0.700 bits per heavy atom. The van der Waals surface area contributed by atoms with Gasteiger partial charge in [0.15, 0.2) is 0 Å². The van der Waals surface area contributed by atoms with Crippen LogP contribution in [0.3, 0.4) is 0 Å². The van der Waals surface area contributed by atoms with Crippen LogP contribution in [0.25, 0.3) is 0 Å². The van der Waals surface area contributed by atoms with Crippen LogP contribution in [0.15, 0.2) is 0 Å². The van der Waals surface area contributed by atoms with E-state index in [1.54, 1.807) is 77.0 Å². The lowest BCUT2D eigenvalue weighted by Gasteiger charge is -2.61. The molecule has 0 aromatic rings. The van der Waals surface area contributed by atoms with Crippen LogP contribution in [0, 0.1) is 71.0 Å². The van der Waals surface area contributed by atoms with E-state index in [0.717, 1.165) is 59.2 Å². The van der Waals surface area contributed by atoms with Crippen LogP contribution in [0.4, 0.5) is 0 Å². The Bertz CT molecular complexity index is 513. The SMILES string of the molecule is CC1CCCC(C2CC3CCC4CC(C5CCCC(C)C5)CC5CCC(C2)C3C45)C1. The van der Waals surface area contributed by atoms with Gasteiger partial charge in [-0.05, 0) is 135 Å². The molecule has 0 radical (unpaired) electrons. The highest BCUT2D eigenvalue weighted by Gasteiger charge is 2.55.